The Morgan fingerprint density at radius 3 is 2.31 bits per heavy atom. The van der Waals surface area contributed by atoms with Crippen LogP contribution in [0.2, 0.25) is 5.02 Å². The van der Waals surface area contributed by atoms with E-state index in [2.05, 4.69) is 16.0 Å². The number of amides is 3. The Morgan fingerprint density at radius 1 is 0.896 bits per heavy atom. The van der Waals surface area contributed by atoms with Gasteiger partial charge in [0, 0.05) is 27.8 Å². The van der Waals surface area contributed by atoms with Crippen molar-refractivity contribution in [1.82, 2.24) is 5.32 Å². The van der Waals surface area contributed by atoms with Gasteiger partial charge in [-0.25, -0.2) is 0 Å². The minimum absolute atomic E-state index is 0.0311. The second kappa shape index (κ2) is 16.2. The van der Waals surface area contributed by atoms with E-state index in [1.165, 1.54) is 20.3 Å². The highest BCUT2D eigenvalue weighted by atomic mass is 35.5. The van der Waals surface area contributed by atoms with Crippen molar-refractivity contribution in [3.05, 3.63) is 118 Å². The lowest BCUT2D eigenvalue weighted by molar-refractivity contribution is -0.137. The first kappa shape index (κ1) is 35.9. The van der Waals surface area contributed by atoms with E-state index in [-0.39, 0.29) is 16.4 Å². The Labute approximate surface area is 284 Å². The van der Waals surface area contributed by atoms with Gasteiger partial charge in [-0.15, -0.1) is 11.8 Å². The molecule has 250 valence electrons. The van der Waals surface area contributed by atoms with Gasteiger partial charge in [0.15, 0.2) is 0 Å². The molecule has 8 nitrogen and oxygen atoms in total. The van der Waals surface area contributed by atoms with E-state index < -0.39 is 34.7 Å². The fraction of sp³-hybridized carbons (Fsp3) is 0.171. The average molecular weight is 698 g/mol. The van der Waals surface area contributed by atoms with Crippen LogP contribution in [0.4, 0.5) is 24.5 Å². The lowest BCUT2D eigenvalue weighted by Gasteiger charge is -2.17. The van der Waals surface area contributed by atoms with Gasteiger partial charge in [0.1, 0.15) is 17.2 Å². The normalized spacial score (nSPS) is 12.1. The van der Waals surface area contributed by atoms with Crippen molar-refractivity contribution >= 4 is 58.5 Å². The standard InChI is InChI=1S/C35H31ClF3N3O5S/c1-4-31(34(45)41-28-18-23(35(37,38)39)14-16-27(28)36)48-26-12-8-11-24(19-26)40-33(44)29(42-32(43)21-9-6-5-7-10-21)17-22-13-15-25(46-2)20-30(22)47-3/h5-20,31H,4H2,1-3H3,(H,40,44)(H,41,45)(H,42,43)/b29-17+. The fourth-order valence-electron chi connectivity index (χ4n) is 4.38. The summed E-state index contributed by atoms with van der Waals surface area (Å²) in [6.07, 6.45) is -2.79. The number of alkyl halides is 3. The predicted molar refractivity (Wildman–Crippen MR) is 182 cm³/mol. The van der Waals surface area contributed by atoms with E-state index in [9.17, 15) is 27.6 Å². The zero-order valence-electron chi connectivity index (χ0n) is 26.0. The number of nitrogens with one attached hydrogen (secondary N) is 3. The van der Waals surface area contributed by atoms with Crippen molar-refractivity contribution in [1.29, 1.82) is 0 Å². The molecule has 1 atom stereocenters. The number of halogens is 4. The minimum Gasteiger partial charge on any atom is -0.497 e. The average Bonchev–Trinajstić information content (AvgIpc) is 3.07. The summed E-state index contributed by atoms with van der Waals surface area (Å²) in [5.41, 5.74) is 0.0364. The van der Waals surface area contributed by atoms with Crippen molar-refractivity contribution in [3.63, 3.8) is 0 Å². The molecule has 3 N–H and O–H groups in total. The summed E-state index contributed by atoms with van der Waals surface area (Å²) in [5.74, 6) is -0.743. The third-order valence-electron chi connectivity index (χ3n) is 6.85. The smallest absolute Gasteiger partial charge is 0.416 e. The molecule has 0 saturated carbocycles. The molecule has 48 heavy (non-hydrogen) atoms. The lowest BCUT2D eigenvalue weighted by atomic mass is 10.1. The second-order valence-electron chi connectivity index (χ2n) is 10.2. The number of methoxy groups -OCH3 is 2. The summed E-state index contributed by atoms with van der Waals surface area (Å²) in [5, 5.41) is 7.22. The molecular formula is C35H31ClF3N3O5S. The Bertz CT molecular complexity index is 1820. The predicted octanol–water partition coefficient (Wildman–Crippen LogP) is 8.30. The Balaban J connectivity index is 1.55. The number of carbonyl (C=O) groups is 3. The molecule has 0 radical (unpaired) electrons. The Hall–Kier alpha value is -4.94. The quantitative estimate of drug-likeness (QED) is 0.102. The van der Waals surface area contributed by atoms with Crippen LogP contribution in [0.25, 0.3) is 6.08 Å². The minimum atomic E-state index is -4.60. The number of ether oxygens (including phenoxy) is 2. The Kier molecular flexibility index (Phi) is 12.2. The van der Waals surface area contributed by atoms with E-state index in [0.29, 0.717) is 39.6 Å². The van der Waals surface area contributed by atoms with Gasteiger partial charge in [-0.05, 0) is 73.2 Å². The number of anilines is 2. The van der Waals surface area contributed by atoms with Gasteiger partial charge in [0.05, 0.1) is 35.7 Å². The van der Waals surface area contributed by atoms with Crippen LogP contribution in [-0.2, 0) is 15.8 Å². The summed E-state index contributed by atoms with van der Waals surface area (Å²) in [6, 6.07) is 22.8. The summed E-state index contributed by atoms with van der Waals surface area (Å²) in [6.45, 7) is 1.76. The van der Waals surface area contributed by atoms with Crippen molar-refractivity contribution in [3.8, 4) is 11.5 Å². The number of carbonyl (C=O) groups excluding carboxylic acids is 3. The summed E-state index contributed by atoms with van der Waals surface area (Å²) >= 11 is 7.23. The number of benzene rings is 4. The Morgan fingerprint density at radius 2 is 1.65 bits per heavy atom. The second-order valence-corrected chi connectivity index (χ2v) is 11.8. The summed E-state index contributed by atoms with van der Waals surface area (Å²) in [7, 11) is 2.98. The molecule has 3 amide bonds. The van der Waals surface area contributed by atoms with Crippen molar-refractivity contribution in [2.75, 3.05) is 24.9 Å². The molecule has 13 heteroatoms. The molecule has 0 spiro atoms. The molecule has 0 aliphatic heterocycles. The van der Waals surface area contributed by atoms with Crippen LogP contribution in [0.1, 0.15) is 34.8 Å². The van der Waals surface area contributed by atoms with Crippen LogP contribution < -0.4 is 25.4 Å². The van der Waals surface area contributed by atoms with E-state index >= 15 is 0 Å². The first-order chi connectivity index (χ1) is 22.9. The molecule has 0 fully saturated rings. The van der Waals surface area contributed by atoms with Gasteiger partial charge >= 0.3 is 6.18 Å². The van der Waals surface area contributed by atoms with Crippen molar-refractivity contribution in [2.24, 2.45) is 0 Å². The van der Waals surface area contributed by atoms with Gasteiger partial charge in [-0.1, -0.05) is 42.8 Å². The van der Waals surface area contributed by atoms with Gasteiger partial charge in [0.25, 0.3) is 11.8 Å². The zero-order valence-corrected chi connectivity index (χ0v) is 27.6. The van der Waals surface area contributed by atoms with Gasteiger partial charge < -0.3 is 25.4 Å². The first-order valence-electron chi connectivity index (χ1n) is 14.5. The molecule has 0 aromatic heterocycles. The van der Waals surface area contributed by atoms with Crippen LogP contribution in [0.15, 0.2) is 102 Å². The van der Waals surface area contributed by atoms with Gasteiger partial charge in [-0.3, -0.25) is 14.4 Å². The van der Waals surface area contributed by atoms with Crippen LogP contribution in [0, 0.1) is 0 Å². The van der Waals surface area contributed by atoms with E-state index in [1.54, 1.807) is 79.7 Å². The van der Waals surface area contributed by atoms with Crippen LogP contribution in [0.3, 0.4) is 0 Å². The van der Waals surface area contributed by atoms with Crippen LogP contribution in [0.5, 0.6) is 11.5 Å². The fourth-order valence-corrected chi connectivity index (χ4v) is 5.56. The molecule has 4 rings (SSSR count). The molecule has 0 aliphatic carbocycles. The zero-order chi connectivity index (χ0) is 34.8. The third-order valence-corrected chi connectivity index (χ3v) is 8.54. The first-order valence-corrected chi connectivity index (χ1v) is 15.7. The number of rotatable bonds is 12. The largest absolute Gasteiger partial charge is 0.497 e. The van der Waals surface area contributed by atoms with Gasteiger partial charge in [-0.2, -0.15) is 13.2 Å². The summed E-state index contributed by atoms with van der Waals surface area (Å²) in [4.78, 5) is 40.4. The maximum Gasteiger partial charge on any atom is 0.416 e. The van der Waals surface area contributed by atoms with Crippen LogP contribution >= 0.6 is 23.4 Å². The third kappa shape index (κ3) is 9.55. The molecule has 4 aromatic rings. The molecule has 4 aromatic carbocycles. The topological polar surface area (TPSA) is 106 Å². The summed E-state index contributed by atoms with van der Waals surface area (Å²) < 4.78 is 50.4. The maximum atomic E-state index is 13.6. The van der Waals surface area contributed by atoms with Crippen molar-refractivity contribution in [2.45, 2.75) is 29.7 Å². The van der Waals surface area contributed by atoms with Crippen molar-refractivity contribution < 1.29 is 37.0 Å². The van der Waals surface area contributed by atoms with Crippen LogP contribution in [-0.4, -0.2) is 37.2 Å². The molecule has 0 saturated heterocycles. The van der Waals surface area contributed by atoms with Gasteiger partial charge in [0.2, 0.25) is 5.91 Å². The highest BCUT2D eigenvalue weighted by Gasteiger charge is 2.31. The van der Waals surface area contributed by atoms with E-state index in [4.69, 9.17) is 21.1 Å². The number of hydrogen-bond donors (Lipinski definition) is 3. The molecule has 0 aliphatic rings. The number of thioether (sulfide) groups is 1. The molecular weight excluding hydrogens is 667 g/mol. The molecule has 1 unspecified atom stereocenters. The lowest BCUT2D eigenvalue weighted by Crippen LogP contribution is -2.30. The highest BCUT2D eigenvalue weighted by molar-refractivity contribution is 8.00. The van der Waals surface area contributed by atoms with E-state index in [1.807, 2.05) is 0 Å². The number of hydrogen-bond acceptors (Lipinski definition) is 6. The maximum absolute atomic E-state index is 13.6. The van der Waals surface area contributed by atoms with E-state index in [0.717, 1.165) is 30.0 Å². The monoisotopic (exact) mass is 697 g/mol. The molecule has 0 heterocycles. The SMILES string of the molecule is CCC(Sc1cccc(NC(=O)/C(=C\c2ccc(OC)cc2OC)NC(=O)c2ccccc2)c1)C(=O)Nc1cc(C(F)(F)F)ccc1Cl. The highest BCUT2D eigenvalue weighted by Crippen LogP contribution is 2.35. The molecule has 0 bridgehead atoms.